The number of fused-ring (bicyclic) bond motifs is 4. The first kappa shape index (κ1) is 16.2. The molecule has 0 amide bonds. The summed E-state index contributed by atoms with van der Waals surface area (Å²) in [5.41, 5.74) is 2.73. The maximum absolute atomic E-state index is 13.0. The van der Waals surface area contributed by atoms with E-state index in [1.807, 2.05) is 12.4 Å². The predicted molar refractivity (Wildman–Crippen MR) is 102 cm³/mol. The molecule has 5 rings (SSSR count). The first-order chi connectivity index (χ1) is 13.2. The number of pyridine rings is 1. The minimum absolute atomic E-state index is 0.0235. The molecule has 1 aliphatic carbocycles. The molecule has 136 valence electrons. The zero-order valence-corrected chi connectivity index (χ0v) is 15.5. The lowest BCUT2D eigenvalue weighted by molar-refractivity contribution is 0.0602. The minimum atomic E-state index is -0.438. The number of esters is 1. The molecule has 7 nitrogen and oxygen atoms in total. The Labute approximate surface area is 157 Å². The Morgan fingerprint density at radius 1 is 1.37 bits per heavy atom. The Balaban J connectivity index is 1.58. The molecular formula is C19H16N4O3S. The highest BCUT2D eigenvalue weighted by Gasteiger charge is 2.21. The lowest BCUT2D eigenvalue weighted by Crippen LogP contribution is -2.21. The quantitative estimate of drug-likeness (QED) is 0.510. The maximum atomic E-state index is 13.0. The number of methoxy groups -OCH3 is 1. The van der Waals surface area contributed by atoms with E-state index in [0.717, 1.165) is 29.5 Å². The number of thiophene rings is 1. The number of hydrogen-bond acceptors (Lipinski definition) is 6. The van der Waals surface area contributed by atoms with Crippen LogP contribution in [0.1, 0.15) is 32.9 Å². The van der Waals surface area contributed by atoms with Crippen molar-refractivity contribution in [1.29, 1.82) is 0 Å². The van der Waals surface area contributed by atoms with Crippen LogP contribution in [-0.4, -0.2) is 32.0 Å². The minimum Gasteiger partial charge on any atom is -0.465 e. The average Bonchev–Trinajstić information content (AvgIpc) is 3.36. The van der Waals surface area contributed by atoms with Crippen LogP contribution in [0.15, 0.2) is 35.6 Å². The molecule has 0 atom stereocenters. The number of aromatic nitrogens is 4. The number of nitrogens with zero attached hydrogens (tertiary/aromatic N) is 4. The van der Waals surface area contributed by atoms with E-state index >= 15 is 0 Å². The van der Waals surface area contributed by atoms with Gasteiger partial charge in [-0.05, 0) is 37.0 Å². The molecule has 0 spiro atoms. The van der Waals surface area contributed by atoms with Crippen LogP contribution in [0.25, 0.3) is 15.9 Å². The van der Waals surface area contributed by atoms with E-state index < -0.39 is 5.97 Å². The molecule has 4 heterocycles. The molecule has 1 aliphatic rings. The van der Waals surface area contributed by atoms with Gasteiger partial charge in [0.2, 0.25) is 0 Å². The van der Waals surface area contributed by atoms with Crippen molar-refractivity contribution < 1.29 is 9.53 Å². The van der Waals surface area contributed by atoms with Gasteiger partial charge in [-0.1, -0.05) is 0 Å². The predicted octanol–water partition coefficient (Wildman–Crippen LogP) is 2.43. The van der Waals surface area contributed by atoms with Crippen LogP contribution >= 0.6 is 11.3 Å². The average molecular weight is 380 g/mol. The monoisotopic (exact) mass is 380 g/mol. The van der Waals surface area contributed by atoms with Gasteiger partial charge in [0, 0.05) is 17.3 Å². The highest BCUT2D eigenvalue weighted by molar-refractivity contribution is 7.18. The van der Waals surface area contributed by atoms with Crippen LogP contribution in [-0.2, 0) is 24.1 Å². The van der Waals surface area contributed by atoms with Crippen molar-refractivity contribution in [3.05, 3.63) is 62.9 Å². The van der Waals surface area contributed by atoms with E-state index in [1.165, 1.54) is 17.6 Å². The van der Waals surface area contributed by atoms with Gasteiger partial charge in [-0.3, -0.25) is 9.36 Å². The normalized spacial score (nSPS) is 13.4. The van der Waals surface area contributed by atoms with E-state index in [0.29, 0.717) is 23.4 Å². The van der Waals surface area contributed by atoms with E-state index in [4.69, 9.17) is 4.74 Å². The number of rotatable bonds is 3. The Bertz CT molecular complexity index is 1270. The highest BCUT2D eigenvalue weighted by atomic mass is 32.1. The van der Waals surface area contributed by atoms with Crippen LogP contribution in [0.3, 0.4) is 0 Å². The fourth-order valence-corrected chi connectivity index (χ4v) is 4.94. The molecule has 0 unspecified atom stereocenters. The second kappa shape index (κ2) is 6.02. The fraction of sp³-hybridized carbons (Fsp3) is 0.263. The summed E-state index contributed by atoms with van der Waals surface area (Å²) in [6.07, 6.45) is 8.31. The van der Waals surface area contributed by atoms with E-state index in [-0.39, 0.29) is 5.56 Å². The Hall–Kier alpha value is -3.00. The summed E-state index contributed by atoms with van der Waals surface area (Å²) in [7, 11) is 1.34. The van der Waals surface area contributed by atoms with Crippen molar-refractivity contribution >= 4 is 33.2 Å². The molecule has 0 N–H and O–H groups in total. The lowest BCUT2D eigenvalue weighted by Gasteiger charge is -2.03. The second-order valence-corrected chi connectivity index (χ2v) is 7.68. The van der Waals surface area contributed by atoms with Crippen LogP contribution in [0.4, 0.5) is 0 Å². The summed E-state index contributed by atoms with van der Waals surface area (Å²) >= 11 is 1.63. The Morgan fingerprint density at radius 2 is 2.26 bits per heavy atom. The van der Waals surface area contributed by atoms with Gasteiger partial charge in [0.1, 0.15) is 10.4 Å². The number of carbonyl (C=O) groups excluding carboxylic acids is 1. The molecule has 0 saturated carbocycles. The van der Waals surface area contributed by atoms with E-state index in [9.17, 15) is 9.59 Å². The molecule has 0 aromatic carbocycles. The largest absolute Gasteiger partial charge is 0.465 e. The molecule has 0 bridgehead atoms. The molecule has 4 aromatic rings. The number of imidazole rings is 1. The van der Waals surface area contributed by atoms with Gasteiger partial charge in [-0.25, -0.2) is 14.8 Å². The van der Waals surface area contributed by atoms with E-state index in [2.05, 4.69) is 9.97 Å². The molecule has 8 heteroatoms. The van der Waals surface area contributed by atoms with Crippen molar-refractivity contribution in [1.82, 2.24) is 18.9 Å². The number of aryl methyl sites for hydroxylation is 2. The van der Waals surface area contributed by atoms with Crippen LogP contribution < -0.4 is 5.56 Å². The molecule has 27 heavy (non-hydrogen) atoms. The number of hydrogen-bond donors (Lipinski definition) is 0. The van der Waals surface area contributed by atoms with Gasteiger partial charge in [-0.2, -0.15) is 0 Å². The van der Waals surface area contributed by atoms with Crippen molar-refractivity contribution in [3.63, 3.8) is 0 Å². The van der Waals surface area contributed by atoms with E-state index in [1.54, 1.807) is 38.8 Å². The van der Waals surface area contributed by atoms with Crippen molar-refractivity contribution in [2.45, 2.75) is 25.8 Å². The molecule has 0 aliphatic heterocycles. The Kier molecular flexibility index (Phi) is 3.61. The molecule has 0 saturated heterocycles. The van der Waals surface area contributed by atoms with Gasteiger partial charge >= 0.3 is 5.97 Å². The molecule has 4 aromatic heterocycles. The van der Waals surface area contributed by atoms with Gasteiger partial charge in [0.15, 0.2) is 5.65 Å². The van der Waals surface area contributed by atoms with Gasteiger partial charge in [-0.15, -0.1) is 11.3 Å². The zero-order chi connectivity index (χ0) is 18.5. The van der Waals surface area contributed by atoms with Gasteiger partial charge in [0.25, 0.3) is 5.56 Å². The first-order valence-electron chi connectivity index (χ1n) is 8.70. The number of ether oxygens (including phenoxy) is 1. The zero-order valence-electron chi connectivity index (χ0n) is 14.6. The summed E-state index contributed by atoms with van der Waals surface area (Å²) in [6.45, 7) is 0.300. The summed E-state index contributed by atoms with van der Waals surface area (Å²) in [6, 6.07) is 3.44. The number of carbonyl (C=O) groups is 1. The van der Waals surface area contributed by atoms with Crippen LogP contribution in [0.2, 0.25) is 0 Å². The summed E-state index contributed by atoms with van der Waals surface area (Å²) in [5, 5.41) is 0.758. The SMILES string of the molecule is COC(=O)c1cccn2cc(Cn3cnc4sc5c(c4c3=O)CCC5)nc12. The van der Waals surface area contributed by atoms with Gasteiger partial charge < -0.3 is 9.14 Å². The molecular weight excluding hydrogens is 364 g/mol. The van der Waals surface area contributed by atoms with Crippen molar-refractivity contribution in [2.24, 2.45) is 0 Å². The fourth-order valence-electron chi connectivity index (χ4n) is 3.72. The summed E-state index contributed by atoms with van der Waals surface area (Å²) < 4.78 is 8.17. The van der Waals surface area contributed by atoms with Crippen molar-refractivity contribution in [3.8, 4) is 0 Å². The summed E-state index contributed by atoms with van der Waals surface area (Å²) in [5.74, 6) is -0.438. The third-order valence-electron chi connectivity index (χ3n) is 4.96. The summed E-state index contributed by atoms with van der Waals surface area (Å²) in [4.78, 5) is 36.1. The van der Waals surface area contributed by atoms with Crippen LogP contribution in [0.5, 0.6) is 0 Å². The highest BCUT2D eigenvalue weighted by Crippen LogP contribution is 2.34. The third kappa shape index (κ3) is 2.48. The Morgan fingerprint density at radius 3 is 3.11 bits per heavy atom. The van der Waals surface area contributed by atoms with Crippen molar-refractivity contribution in [2.75, 3.05) is 7.11 Å². The third-order valence-corrected chi connectivity index (χ3v) is 6.16. The first-order valence-corrected chi connectivity index (χ1v) is 9.52. The molecule has 0 fully saturated rings. The second-order valence-electron chi connectivity index (χ2n) is 6.59. The molecule has 0 radical (unpaired) electrons. The smallest absolute Gasteiger partial charge is 0.341 e. The van der Waals surface area contributed by atoms with Gasteiger partial charge in [0.05, 0.1) is 31.1 Å². The lowest BCUT2D eigenvalue weighted by atomic mass is 10.2. The van der Waals surface area contributed by atoms with Crippen LogP contribution in [0, 0.1) is 0 Å². The topological polar surface area (TPSA) is 78.5 Å². The maximum Gasteiger partial charge on any atom is 0.341 e. The standard InChI is InChI=1S/C19H16N4O3S/c1-26-19(25)13-5-3-7-22-8-11(21-16(13)22)9-23-10-20-17-15(18(23)24)12-4-2-6-14(12)27-17/h3,5,7-8,10H,2,4,6,9H2,1H3.